The molecule has 0 saturated heterocycles. The van der Waals surface area contributed by atoms with E-state index in [0.29, 0.717) is 22.7 Å². The maximum absolute atomic E-state index is 12.2. The van der Waals surface area contributed by atoms with Crippen LogP contribution in [0.2, 0.25) is 0 Å². The average molecular weight is 306 g/mol. The number of hydrogen-bond acceptors (Lipinski definition) is 3. The number of furan rings is 1. The Morgan fingerprint density at radius 3 is 2.74 bits per heavy atom. The molecular formula is C18H14N2O3. The topological polar surface area (TPSA) is 67.3 Å². The SMILES string of the molecule is COc1cc2c(cc1NC(=O)c1ccc[nH]1)oc1ccccc12. The van der Waals surface area contributed by atoms with Gasteiger partial charge >= 0.3 is 0 Å². The van der Waals surface area contributed by atoms with Crippen molar-refractivity contribution in [3.63, 3.8) is 0 Å². The van der Waals surface area contributed by atoms with Crippen molar-refractivity contribution in [3.05, 3.63) is 60.4 Å². The van der Waals surface area contributed by atoms with Gasteiger partial charge in [-0.2, -0.15) is 0 Å². The fourth-order valence-electron chi connectivity index (χ4n) is 2.68. The number of benzene rings is 2. The molecule has 5 nitrogen and oxygen atoms in total. The van der Waals surface area contributed by atoms with Gasteiger partial charge < -0.3 is 19.5 Å². The van der Waals surface area contributed by atoms with E-state index in [1.807, 2.05) is 30.3 Å². The van der Waals surface area contributed by atoms with Crippen molar-refractivity contribution >= 4 is 33.5 Å². The highest BCUT2D eigenvalue weighted by molar-refractivity contribution is 6.09. The zero-order valence-electron chi connectivity index (χ0n) is 12.4. The Balaban J connectivity index is 1.82. The predicted molar refractivity (Wildman–Crippen MR) is 89.0 cm³/mol. The highest BCUT2D eigenvalue weighted by atomic mass is 16.5. The summed E-state index contributed by atoms with van der Waals surface area (Å²) in [6.07, 6.45) is 1.70. The van der Waals surface area contributed by atoms with Crippen molar-refractivity contribution in [1.29, 1.82) is 0 Å². The third kappa shape index (κ3) is 2.23. The number of amides is 1. The van der Waals surface area contributed by atoms with Crippen molar-refractivity contribution < 1.29 is 13.9 Å². The number of ether oxygens (including phenoxy) is 1. The third-order valence-electron chi connectivity index (χ3n) is 3.79. The first kappa shape index (κ1) is 13.5. The van der Waals surface area contributed by atoms with Crippen LogP contribution in [0.25, 0.3) is 21.9 Å². The molecule has 2 aromatic carbocycles. The van der Waals surface area contributed by atoms with E-state index in [1.165, 1.54) is 0 Å². The number of anilines is 1. The van der Waals surface area contributed by atoms with Crippen LogP contribution in [0.3, 0.4) is 0 Å². The normalized spacial score (nSPS) is 11.0. The molecule has 5 heteroatoms. The van der Waals surface area contributed by atoms with E-state index in [1.54, 1.807) is 31.5 Å². The van der Waals surface area contributed by atoms with Gasteiger partial charge in [-0.15, -0.1) is 0 Å². The molecule has 0 bridgehead atoms. The summed E-state index contributed by atoms with van der Waals surface area (Å²) < 4.78 is 11.3. The Morgan fingerprint density at radius 1 is 1.09 bits per heavy atom. The van der Waals surface area contributed by atoms with Crippen LogP contribution in [0.15, 0.2) is 59.1 Å². The molecule has 4 aromatic rings. The number of carbonyl (C=O) groups excluding carboxylic acids is 1. The second kappa shape index (κ2) is 5.21. The molecule has 0 aliphatic rings. The van der Waals surface area contributed by atoms with Crippen LogP contribution in [0.4, 0.5) is 5.69 Å². The molecule has 0 aliphatic heterocycles. The molecule has 0 unspecified atom stereocenters. The van der Waals surface area contributed by atoms with Gasteiger partial charge in [0.15, 0.2) is 0 Å². The van der Waals surface area contributed by atoms with Gasteiger partial charge in [-0.05, 0) is 24.3 Å². The van der Waals surface area contributed by atoms with E-state index in [9.17, 15) is 4.79 Å². The van der Waals surface area contributed by atoms with Gasteiger partial charge in [-0.3, -0.25) is 4.79 Å². The maximum atomic E-state index is 12.2. The first-order valence-corrected chi connectivity index (χ1v) is 7.20. The third-order valence-corrected chi connectivity index (χ3v) is 3.79. The molecule has 0 fully saturated rings. The Bertz CT molecular complexity index is 1000. The summed E-state index contributed by atoms with van der Waals surface area (Å²) in [7, 11) is 1.58. The zero-order chi connectivity index (χ0) is 15.8. The van der Waals surface area contributed by atoms with Gasteiger partial charge in [0.1, 0.15) is 22.6 Å². The second-order valence-electron chi connectivity index (χ2n) is 5.18. The van der Waals surface area contributed by atoms with Crippen molar-refractivity contribution in [2.75, 3.05) is 12.4 Å². The molecule has 0 radical (unpaired) electrons. The quantitative estimate of drug-likeness (QED) is 0.597. The van der Waals surface area contributed by atoms with Gasteiger partial charge in [0.05, 0.1) is 12.8 Å². The number of rotatable bonds is 3. The van der Waals surface area contributed by atoms with Crippen LogP contribution in [0.1, 0.15) is 10.5 Å². The Hall–Kier alpha value is -3.21. The summed E-state index contributed by atoms with van der Waals surface area (Å²) >= 11 is 0. The number of para-hydroxylation sites is 1. The summed E-state index contributed by atoms with van der Waals surface area (Å²) in [6.45, 7) is 0. The first-order chi connectivity index (χ1) is 11.3. The molecule has 114 valence electrons. The first-order valence-electron chi connectivity index (χ1n) is 7.20. The van der Waals surface area contributed by atoms with E-state index in [0.717, 1.165) is 16.4 Å². The Morgan fingerprint density at radius 2 is 1.96 bits per heavy atom. The minimum Gasteiger partial charge on any atom is -0.495 e. The van der Waals surface area contributed by atoms with Gasteiger partial charge in [0.2, 0.25) is 0 Å². The van der Waals surface area contributed by atoms with Crippen molar-refractivity contribution in [2.24, 2.45) is 0 Å². The van der Waals surface area contributed by atoms with Gasteiger partial charge in [0, 0.05) is 23.0 Å². The van der Waals surface area contributed by atoms with Crippen LogP contribution < -0.4 is 10.1 Å². The summed E-state index contributed by atoms with van der Waals surface area (Å²) in [5.74, 6) is 0.354. The van der Waals surface area contributed by atoms with Crippen molar-refractivity contribution in [1.82, 2.24) is 4.98 Å². The van der Waals surface area contributed by atoms with Crippen molar-refractivity contribution in [3.8, 4) is 5.75 Å². The summed E-state index contributed by atoms with van der Waals surface area (Å²) in [4.78, 5) is 15.1. The largest absolute Gasteiger partial charge is 0.495 e. The number of hydrogen-bond donors (Lipinski definition) is 2. The molecule has 1 amide bonds. The smallest absolute Gasteiger partial charge is 0.272 e. The van der Waals surface area contributed by atoms with Crippen LogP contribution in [0.5, 0.6) is 5.75 Å². The number of nitrogens with one attached hydrogen (secondary N) is 2. The van der Waals surface area contributed by atoms with Crippen LogP contribution in [0, 0.1) is 0 Å². The minimum atomic E-state index is -0.233. The monoisotopic (exact) mass is 306 g/mol. The average Bonchev–Trinajstić information content (AvgIpc) is 3.21. The lowest BCUT2D eigenvalue weighted by Gasteiger charge is -2.09. The number of methoxy groups -OCH3 is 1. The molecule has 0 saturated carbocycles. The lowest BCUT2D eigenvalue weighted by molar-refractivity contribution is 0.102. The minimum absolute atomic E-state index is 0.233. The molecule has 0 spiro atoms. The van der Waals surface area contributed by atoms with Gasteiger partial charge in [-0.1, -0.05) is 18.2 Å². The lowest BCUT2D eigenvalue weighted by atomic mass is 10.1. The van der Waals surface area contributed by atoms with E-state index in [4.69, 9.17) is 9.15 Å². The van der Waals surface area contributed by atoms with Crippen LogP contribution in [-0.2, 0) is 0 Å². The molecule has 4 rings (SSSR count). The molecule has 2 aromatic heterocycles. The second-order valence-corrected chi connectivity index (χ2v) is 5.18. The fraction of sp³-hybridized carbons (Fsp3) is 0.0556. The van der Waals surface area contributed by atoms with Crippen LogP contribution >= 0.6 is 0 Å². The van der Waals surface area contributed by atoms with Gasteiger partial charge in [-0.25, -0.2) is 0 Å². The molecule has 2 N–H and O–H groups in total. The van der Waals surface area contributed by atoms with Crippen LogP contribution in [-0.4, -0.2) is 18.0 Å². The van der Waals surface area contributed by atoms with E-state index >= 15 is 0 Å². The Kier molecular flexibility index (Phi) is 3.05. The molecule has 0 aliphatic carbocycles. The summed E-state index contributed by atoms with van der Waals surface area (Å²) in [6, 6.07) is 15.0. The van der Waals surface area contributed by atoms with Crippen molar-refractivity contribution in [2.45, 2.75) is 0 Å². The number of fused-ring (bicyclic) bond motifs is 3. The number of H-pyrrole nitrogens is 1. The van der Waals surface area contributed by atoms with E-state index in [2.05, 4.69) is 10.3 Å². The molecule has 0 atom stereocenters. The summed E-state index contributed by atoms with van der Waals surface area (Å²) in [5, 5.41) is 4.82. The van der Waals surface area contributed by atoms with Gasteiger partial charge in [0.25, 0.3) is 5.91 Å². The zero-order valence-corrected chi connectivity index (χ0v) is 12.4. The lowest BCUT2D eigenvalue weighted by Crippen LogP contribution is -2.12. The highest BCUT2D eigenvalue weighted by Gasteiger charge is 2.15. The maximum Gasteiger partial charge on any atom is 0.272 e. The number of carbonyl (C=O) groups is 1. The molecule has 23 heavy (non-hydrogen) atoms. The van der Waals surface area contributed by atoms with E-state index in [-0.39, 0.29) is 5.91 Å². The number of aromatic amines is 1. The Labute approximate surface area is 131 Å². The standard InChI is InChI=1S/C18H14N2O3/c1-22-17-9-12-11-5-2-3-7-15(11)23-16(12)10-14(17)20-18(21)13-6-4-8-19-13/h2-10,19H,1H3,(H,20,21). The molecular weight excluding hydrogens is 292 g/mol. The van der Waals surface area contributed by atoms with E-state index < -0.39 is 0 Å². The fourth-order valence-corrected chi connectivity index (χ4v) is 2.68. The number of aromatic nitrogens is 1. The molecule has 2 heterocycles. The summed E-state index contributed by atoms with van der Waals surface area (Å²) in [5.41, 5.74) is 2.56. The highest BCUT2D eigenvalue weighted by Crippen LogP contribution is 2.36. The predicted octanol–water partition coefficient (Wildman–Crippen LogP) is 4.18.